The molecule has 0 atom stereocenters. The van der Waals surface area contributed by atoms with Gasteiger partial charge in [-0.25, -0.2) is 4.90 Å². The fourth-order valence-corrected chi connectivity index (χ4v) is 2.87. The minimum Gasteiger partial charge on any atom is -0.502 e. The van der Waals surface area contributed by atoms with Crippen LogP contribution in [-0.2, 0) is 16.0 Å². The second-order valence-corrected chi connectivity index (χ2v) is 6.38. The molecule has 2 amide bonds. The third kappa shape index (κ3) is 3.20. The van der Waals surface area contributed by atoms with E-state index < -0.39 is 17.6 Å². The molecule has 26 heavy (non-hydrogen) atoms. The molecule has 5 heteroatoms. The van der Waals surface area contributed by atoms with E-state index in [0.29, 0.717) is 17.0 Å². The lowest BCUT2D eigenvalue weighted by Gasteiger charge is -2.15. The van der Waals surface area contributed by atoms with Crippen molar-refractivity contribution in [3.05, 3.63) is 65.4 Å². The number of amides is 2. The molecule has 0 saturated carbocycles. The molecule has 2 aromatic rings. The third-order valence-electron chi connectivity index (χ3n) is 4.18. The average Bonchev–Trinajstić information content (AvgIpc) is 2.85. The predicted octanol–water partition coefficient (Wildman–Crippen LogP) is 3.88. The van der Waals surface area contributed by atoms with Gasteiger partial charge >= 0.3 is 5.91 Å². The summed E-state index contributed by atoms with van der Waals surface area (Å²) in [5.41, 5.74) is 2.03. The molecule has 1 N–H and O–H groups in total. The summed E-state index contributed by atoms with van der Waals surface area (Å²) in [4.78, 5) is 26.2. The van der Waals surface area contributed by atoms with Crippen molar-refractivity contribution in [3.8, 4) is 5.75 Å². The van der Waals surface area contributed by atoms with Crippen molar-refractivity contribution in [3.63, 3.8) is 0 Å². The number of imide groups is 1. The van der Waals surface area contributed by atoms with Gasteiger partial charge in [-0.3, -0.25) is 9.59 Å². The van der Waals surface area contributed by atoms with Gasteiger partial charge in [-0.2, -0.15) is 0 Å². The zero-order valence-corrected chi connectivity index (χ0v) is 15.0. The second-order valence-electron chi connectivity index (χ2n) is 6.38. The van der Waals surface area contributed by atoms with E-state index in [2.05, 4.69) is 0 Å². The Kier molecular flexibility index (Phi) is 4.80. The van der Waals surface area contributed by atoms with Crippen LogP contribution in [0.3, 0.4) is 0 Å². The molecular weight excluding hydrogens is 330 g/mol. The van der Waals surface area contributed by atoms with Gasteiger partial charge in [0.25, 0.3) is 5.91 Å². The molecule has 3 rings (SSSR count). The maximum Gasteiger partial charge on any atom is 0.301 e. The van der Waals surface area contributed by atoms with Crippen LogP contribution in [0.1, 0.15) is 31.9 Å². The molecule has 2 aromatic carbocycles. The maximum absolute atomic E-state index is 12.8. The summed E-state index contributed by atoms with van der Waals surface area (Å²) in [6.07, 6.45) is 0.895. The van der Waals surface area contributed by atoms with Crippen LogP contribution < -0.4 is 9.64 Å². The van der Waals surface area contributed by atoms with E-state index in [0.717, 1.165) is 16.9 Å². The molecule has 5 nitrogen and oxygen atoms in total. The van der Waals surface area contributed by atoms with E-state index in [4.69, 9.17) is 4.74 Å². The van der Waals surface area contributed by atoms with E-state index in [-0.39, 0.29) is 11.7 Å². The summed E-state index contributed by atoms with van der Waals surface area (Å²) in [5, 5.41) is 10.3. The normalized spacial score (nSPS) is 14.5. The Labute approximate surface area is 152 Å². The van der Waals surface area contributed by atoms with E-state index in [1.807, 2.05) is 32.9 Å². The molecule has 0 spiro atoms. The molecule has 0 unspecified atom stereocenters. The first-order valence-corrected chi connectivity index (χ1v) is 8.60. The number of ether oxygens (including phenoxy) is 1. The number of anilines is 1. The lowest BCUT2D eigenvalue weighted by atomic mass is 10.1. The Balaban J connectivity index is 1.90. The number of aliphatic hydroxyl groups is 1. The highest BCUT2D eigenvalue weighted by Gasteiger charge is 2.40. The summed E-state index contributed by atoms with van der Waals surface area (Å²) in [6, 6.07) is 13.9. The summed E-state index contributed by atoms with van der Waals surface area (Å²) < 4.78 is 5.58. The molecule has 134 valence electrons. The zero-order chi connectivity index (χ0) is 18.8. The Bertz CT molecular complexity index is 864. The lowest BCUT2D eigenvalue weighted by Crippen LogP contribution is -2.31. The Morgan fingerprint density at radius 1 is 0.962 bits per heavy atom. The van der Waals surface area contributed by atoms with Gasteiger partial charge in [0.2, 0.25) is 0 Å². The predicted molar refractivity (Wildman–Crippen MR) is 100 cm³/mol. The average molecular weight is 351 g/mol. The molecule has 1 aliphatic rings. The first-order chi connectivity index (χ1) is 12.4. The molecule has 0 aromatic heterocycles. The number of rotatable bonds is 5. The monoisotopic (exact) mass is 351 g/mol. The number of aliphatic hydroxyl groups excluding tert-OH is 1. The first kappa shape index (κ1) is 17.7. The number of carbonyl (C=O) groups is 2. The molecule has 1 aliphatic heterocycles. The van der Waals surface area contributed by atoms with Crippen LogP contribution in [0, 0.1) is 0 Å². The van der Waals surface area contributed by atoms with E-state index in [1.165, 1.54) is 0 Å². The Hall–Kier alpha value is -3.08. The molecule has 0 saturated heterocycles. The van der Waals surface area contributed by atoms with Gasteiger partial charge in [-0.05, 0) is 55.7 Å². The lowest BCUT2D eigenvalue weighted by molar-refractivity contribution is -0.121. The van der Waals surface area contributed by atoms with Gasteiger partial charge in [0.15, 0.2) is 5.76 Å². The maximum atomic E-state index is 12.8. The van der Waals surface area contributed by atoms with Crippen LogP contribution in [0.4, 0.5) is 5.69 Å². The van der Waals surface area contributed by atoms with Crippen molar-refractivity contribution in [1.82, 2.24) is 0 Å². The fourth-order valence-electron chi connectivity index (χ4n) is 2.87. The third-order valence-corrected chi connectivity index (χ3v) is 4.18. The highest BCUT2D eigenvalue weighted by Crippen LogP contribution is 2.32. The minimum atomic E-state index is -0.711. The van der Waals surface area contributed by atoms with Crippen molar-refractivity contribution in [1.29, 1.82) is 0 Å². The van der Waals surface area contributed by atoms with Crippen LogP contribution in [-0.4, -0.2) is 23.0 Å². The second kappa shape index (κ2) is 7.04. The van der Waals surface area contributed by atoms with E-state index in [9.17, 15) is 14.7 Å². The topological polar surface area (TPSA) is 66.8 Å². The van der Waals surface area contributed by atoms with Gasteiger partial charge < -0.3 is 9.84 Å². The van der Waals surface area contributed by atoms with Crippen molar-refractivity contribution in [2.45, 2.75) is 33.3 Å². The van der Waals surface area contributed by atoms with Crippen LogP contribution >= 0.6 is 0 Å². The molecule has 0 radical (unpaired) electrons. The largest absolute Gasteiger partial charge is 0.502 e. The first-order valence-electron chi connectivity index (χ1n) is 8.60. The number of hydrogen-bond acceptors (Lipinski definition) is 4. The molecular formula is C21H21NO4. The molecule has 0 aliphatic carbocycles. The minimum absolute atomic E-state index is 0.00525. The molecule has 1 heterocycles. The summed E-state index contributed by atoms with van der Waals surface area (Å²) in [7, 11) is 0. The Morgan fingerprint density at radius 2 is 1.58 bits per heavy atom. The standard InChI is InChI=1S/C21H21NO4/c1-4-14-5-9-16(10-6-14)22-20(24)18(19(23)21(22)25)15-7-11-17(12-8-15)26-13(2)3/h5-13,23H,4H2,1-3H3. The smallest absolute Gasteiger partial charge is 0.301 e. The van der Waals surface area contributed by atoms with Crippen molar-refractivity contribution >= 4 is 23.1 Å². The van der Waals surface area contributed by atoms with Gasteiger partial charge in [0.05, 0.1) is 17.4 Å². The van der Waals surface area contributed by atoms with Gasteiger partial charge in [0.1, 0.15) is 5.75 Å². The highest BCUT2D eigenvalue weighted by atomic mass is 16.5. The number of aryl methyl sites for hydroxylation is 1. The van der Waals surface area contributed by atoms with E-state index >= 15 is 0 Å². The summed E-state index contributed by atoms with van der Waals surface area (Å²) in [5.74, 6) is -1.12. The molecule has 0 bridgehead atoms. The number of hydrogen-bond donors (Lipinski definition) is 1. The van der Waals surface area contributed by atoms with Crippen molar-refractivity contribution < 1.29 is 19.4 Å². The SMILES string of the molecule is CCc1ccc(N2C(=O)C(O)=C(c3ccc(OC(C)C)cc3)C2=O)cc1. The highest BCUT2D eigenvalue weighted by molar-refractivity contribution is 6.44. The summed E-state index contributed by atoms with van der Waals surface area (Å²) >= 11 is 0. The fraction of sp³-hybridized carbons (Fsp3) is 0.238. The quantitative estimate of drug-likeness (QED) is 0.830. The van der Waals surface area contributed by atoms with Crippen LogP contribution in [0.5, 0.6) is 5.75 Å². The summed E-state index contributed by atoms with van der Waals surface area (Å²) in [6.45, 7) is 5.87. The van der Waals surface area contributed by atoms with Crippen LogP contribution in [0.15, 0.2) is 54.3 Å². The number of nitrogens with zero attached hydrogens (tertiary/aromatic N) is 1. The van der Waals surface area contributed by atoms with Crippen molar-refractivity contribution in [2.75, 3.05) is 4.90 Å². The number of benzene rings is 2. The van der Waals surface area contributed by atoms with Gasteiger partial charge in [-0.15, -0.1) is 0 Å². The van der Waals surface area contributed by atoms with E-state index in [1.54, 1.807) is 36.4 Å². The van der Waals surface area contributed by atoms with Crippen LogP contribution in [0.25, 0.3) is 5.57 Å². The zero-order valence-electron chi connectivity index (χ0n) is 15.0. The molecule has 0 fully saturated rings. The van der Waals surface area contributed by atoms with Crippen LogP contribution in [0.2, 0.25) is 0 Å². The Morgan fingerprint density at radius 3 is 2.12 bits per heavy atom. The number of carbonyl (C=O) groups excluding carboxylic acids is 2. The van der Waals surface area contributed by atoms with Gasteiger partial charge in [0, 0.05) is 0 Å². The van der Waals surface area contributed by atoms with Crippen molar-refractivity contribution in [2.24, 2.45) is 0 Å². The van der Waals surface area contributed by atoms with Gasteiger partial charge in [-0.1, -0.05) is 31.2 Å².